The van der Waals surface area contributed by atoms with Crippen LogP contribution in [0.4, 0.5) is 11.4 Å². The maximum atomic E-state index is 11.8. The fourth-order valence-corrected chi connectivity index (χ4v) is 3.36. The Bertz CT molecular complexity index is 600. The number of hydrogen-bond donors (Lipinski definition) is 2. The van der Waals surface area contributed by atoms with Gasteiger partial charge in [-0.15, -0.1) is 0 Å². The van der Waals surface area contributed by atoms with E-state index in [-0.39, 0.29) is 5.91 Å². The summed E-state index contributed by atoms with van der Waals surface area (Å²) in [6.45, 7) is 2.04. The molecule has 112 valence electrons. The summed E-state index contributed by atoms with van der Waals surface area (Å²) in [5.41, 5.74) is 7.04. The number of para-hydroxylation sites is 2. The van der Waals surface area contributed by atoms with Crippen molar-refractivity contribution in [2.75, 3.05) is 16.8 Å². The number of nitrogens with one attached hydrogen (secondary N) is 1. The molecule has 1 heterocycles. The number of benzene rings is 1. The first kappa shape index (κ1) is 15.8. The first-order valence-electron chi connectivity index (χ1n) is 6.78. The lowest BCUT2D eigenvalue weighted by molar-refractivity contribution is -0.116. The van der Waals surface area contributed by atoms with Crippen molar-refractivity contribution in [2.24, 2.45) is 0 Å². The molecule has 1 aromatic carbocycles. The second-order valence-electron chi connectivity index (χ2n) is 4.42. The van der Waals surface area contributed by atoms with Crippen LogP contribution in [0.25, 0.3) is 0 Å². The molecule has 0 aliphatic heterocycles. The smallest absolute Gasteiger partial charge is 0.224 e. The molecule has 2 aromatic rings. The van der Waals surface area contributed by atoms with Crippen LogP contribution in [0, 0.1) is 0 Å². The largest absolute Gasteiger partial charge is 0.397 e. The van der Waals surface area contributed by atoms with Crippen molar-refractivity contribution >= 4 is 40.6 Å². The molecule has 0 unspecified atom stereocenters. The predicted molar refractivity (Wildman–Crippen MR) is 88.7 cm³/mol. The van der Waals surface area contributed by atoms with Crippen molar-refractivity contribution in [3.63, 3.8) is 0 Å². The lowest BCUT2D eigenvalue weighted by Gasteiger charge is -2.07. The van der Waals surface area contributed by atoms with E-state index in [0.29, 0.717) is 17.8 Å². The van der Waals surface area contributed by atoms with Crippen molar-refractivity contribution in [2.45, 2.75) is 30.5 Å². The zero-order chi connectivity index (χ0) is 15.1. The molecular formula is C14H18N4OS2. The van der Waals surface area contributed by atoms with Crippen LogP contribution in [-0.2, 0) is 11.2 Å². The van der Waals surface area contributed by atoms with Gasteiger partial charge >= 0.3 is 0 Å². The lowest BCUT2D eigenvalue weighted by Crippen LogP contribution is -2.12. The van der Waals surface area contributed by atoms with E-state index in [1.165, 1.54) is 11.5 Å². The van der Waals surface area contributed by atoms with Gasteiger partial charge in [0, 0.05) is 18.6 Å². The molecule has 0 fully saturated rings. The van der Waals surface area contributed by atoms with Gasteiger partial charge in [-0.1, -0.05) is 30.8 Å². The van der Waals surface area contributed by atoms with Gasteiger partial charge in [-0.05, 0) is 30.1 Å². The summed E-state index contributed by atoms with van der Waals surface area (Å²) < 4.78 is 5.20. The molecular weight excluding hydrogens is 304 g/mol. The first-order chi connectivity index (χ1) is 10.2. The Balaban J connectivity index is 1.69. The van der Waals surface area contributed by atoms with E-state index in [9.17, 15) is 4.79 Å². The van der Waals surface area contributed by atoms with Gasteiger partial charge in [-0.3, -0.25) is 4.79 Å². The predicted octanol–water partition coefficient (Wildman–Crippen LogP) is 3.19. The van der Waals surface area contributed by atoms with E-state index >= 15 is 0 Å². The highest BCUT2D eigenvalue weighted by Crippen LogP contribution is 2.22. The average Bonchev–Trinajstić information content (AvgIpc) is 2.94. The number of nitrogens with zero attached hydrogens (tertiary/aromatic N) is 2. The van der Waals surface area contributed by atoms with Crippen molar-refractivity contribution < 1.29 is 4.79 Å². The number of nitrogen functional groups attached to an aromatic ring is 1. The summed E-state index contributed by atoms with van der Waals surface area (Å²) in [4.78, 5) is 16.2. The fraction of sp³-hybridized carbons (Fsp3) is 0.357. The molecule has 0 saturated carbocycles. The molecule has 1 amide bonds. The Morgan fingerprint density at radius 3 is 2.95 bits per heavy atom. The second-order valence-corrected chi connectivity index (χ2v) is 6.51. The van der Waals surface area contributed by atoms with Crippen molar-refractivity contribution in [3.05, 3.63) is 30.1 Å². The Hall–Kier alpha value is -1.60. The maximum absolute atomic E-state index is 11.8. The monoisotopic (exact) mass is 322 g/mol. The summed E-state index contributed by atoms with van der Waals surface area (Å²) in [5.74, 6) is 1.73. The third-order valence-corrected chi connectivity index (χ3v) is 4.73. The van der Waals surface area contributed by atoms with E-state index in [1.807, 2.05) is 19.1 Å². The summed E-state index contributed by atoms with van der Waals surface area (Å²) in [6.07, 6.45) is 2.13. The highest BCUT2D eigenvalue weighted by Gasteiger charge is 2.06. The zero-order valence-corrected chi connectivity index (χ0v) is 13.5. The third-order valence-electron chi connectivity index (χ3n) is 2.77. The lowest BCUT2D eigenvalue weighted by atomic mass is 10.2. The number of rotatable bonds is 7. The van der Waals surface area contributed by atoms with E-state index in [0.717, 1.165) is 28.8 Å². The van der Waals surface area contributed by atoms with E-state index in [4.69, 9.17) is 5.73 Å². The summed E-state index contributed by atoms with van der Waals surface area (Å²) in [6, 6.07) is 7.26. The Kier molecular flexibility index (Phi) is 6.01. The van der Waals surface area contributed by atoms with Gasteiger partial charge in [0.2, 0.25) is 5.91 Å². The topological polar surface area (TPSA) is 80.9 Å². The van der Waals surface area contributed by atoms with Gasteiger partial charge in [0.25, 0.3) is 0 Å². The second kappa shape index (κ2) is 7.99. The molecule has 5 nitrogen and oxygen atoms in total. The van der Waals surface area contributed by atoms with E-state index < -0.39 is 0 Å². The third kappa shape index (κ3) is 5.02. The minimum absolute atomic E-state index is 0.0139. The number of anilines is 2. The zero-order valence-electron chi connectivity index (χ0n) is 11.8. The number of aryl methyl sites for hydroxylation is 1. The molecule has 0 saturated heterocycles. The molecule has 0 bridgehead atoms. The standard InChI is InChI=1S/C14H18N4OS2/c1-2-12-17-14(21-18-12)20-9-5-8-13(19)16-11-7-4-3-6-10(11)15/h3-4,6-7H,2,5,8-9,15H2,1H3,(H,16,19). The molecule has 0 radical (unpaired) electrons. The minimum atomic E-state index is -0.0139. The van der Waals surface area contributed by atoms with Crippen LogP contribution in [0.1, 0.15) is 25.6 Å². The van der Waals surface area contributed by atoms with Gasteiger partial charge in [-0.2, -0.15) is 4.37 Å². The molecule has 3 N–H and O–H groups in total. The maximum Gasteiger partial charge on any atom is 0.224 e. The highest BCUT2D eigenvalue weighted by molar-refractivity contribution is 8.00. The van der Waals surface area contributed by atoms with Crippen LogP contribution in [0.15, 0.2) is 28.6 Å². The van der Waals surface area contributed by atoms with E-state index in [2.05, 4.69) is 14.7 Å². The minimum Gasteiger partial charge on any atom is -0.397 e. The van der Waals surface area contributed by atoms with Crippen molar-refractivity contribution in [1.29, 1.82) is 0 Å². The number of carbonyl (C=O) groups is 1. The van der Waals surface area contributed by atoms with Crippen molar-refractivity contribution in [3.8, 4) is 0 Å². The first-order valence-corrected chi connectivity index (χ1v) is 8.54. The Morgan fingerprint density at radius 2 is 2.24 bits per heavy atom. The molecule has 0 aliphatic carbocycles. The van der Waals surface area contributed by atoms with Crippen LogP contribution in [0.3, 0.4) is 0 Å². The summed E-state index contributed by atoms with van der Waals surface area (Å²) in [7, 11) is 0. The summed E-state index contributed by atoms with van der Waals surface area (Å²) in [5, 5.41) is 2.82. The average molecular weight is 322 g/mol. The normalized spacial score (nSPS) is 10.5. The van der Waals surface area contributed by atoms with Crippen LogP contribution >= 0.6 is 23.3 Å². The van der Waals surface area contributed by atoms with Gasteiger partial charge in [-0.25, -0.2) is 4.98 Å². The number of hydrogen-bond acceptors (Lipinski definition) is 6. The molecule has 7 heteroatoms. The van der Waals surface area contributed by atoms with Gasteiger partial charge in [0.15, 0.2) is 4.34 Å². The number of nitrogens with two attached hydrogens (primary N) is 1. The van der Waals surface area contributed by atoms with Gasteiger partial charge in [0.05, 0.1) is 11.4 Å². The van der Waals surface area contributed by atoms with Crippen LogP contribution in [0.2, 0.25) is 0 Å². The fourth-order valence-electron chi connectivity index (χ4n) is 1.66. The number of aromatic nitrogens is 2. The van der Waals surface area contributed by atoms with E-state index in [1.54, 1.807) is 23.9 Å². The van der Waals surface area contributed by atoms with Gasteiger partial charge < -0.3 is 11.1 Å². The van der Waals surface area contributed by atoms with Crippen LogP contribution in [-0.4, -0.2) is 21.0 Å². The number of thioether (sulfide) groups is 1. The quantitative estimate of drug-likeness (QED) is 0.465. The Morgan fingerprint density at radius 1 is 1.43 bits per heavy atom. The van der Waals surface area contributed by atoms with Crippen LogP contribution in [0.5, 0.6) is 0 Å². The molecule has 21 heavy (non-hydrogen) atoms. The molecule has 0 spiro atoms. The van der Waals surface area contributed by atoms with Crippen molar-refractivity contribution in [1.82, 2.24) is 9.36 Å². The molecule has 1 aromatic heterocycles. The van der Waals surface area contributed by atoms with Crippen LogP contribution < -0.4 is 11.1 Å². The molecule has 0 aliphatic rings. The van der Waals surface area contributed by atoms with Gasteiger partial charge in [0.1, 0.15) is 5.82 Å². The molecule has 2 rings (SSSR count). The molecule has 0 atom stereocenters. The SMILES string of the molecule is CCc1nsc(SCCCC(=O)Nc2ccccc2N)n1. The number of amides is 1. The Labute approximate surface area is 132 Å². The summed E-state index contributed by atoms with van der Waals surface area (Å²) >= 11 is 3.07. The highest BCUT2D eigenvalue weighted by atomic mass is 32.2. The number of carbonyl (C=O) groups excluding carboxylic acids is 1.